The molecule has 0 bridgehead atoms. The van der Waals surface area contributed by atoms with Crippen molar-refractivity contribution in [1.29, 1.82) is 0 Å². The molecule has 1 aliphatic carbocycles. The number of aliphatic hydroxyl groups excluding tert-OH is 1. The van der Waals surface area contributed by atoms with Crippen LogP contribution in [0.15, 0.2) is 66.7 Å². The summed E-state index contributed by atoms with van der Waals surface area (Å²) in [6, 6.07) is 14.3. The lowest BCUT2D eigenvalue weighted by Gasteiger charge is -2.44. The van der Waals surface area contributed by atoms with Crippen molar-refractivity contribution in [3.05, 3.63) is 106 Å². The van der Waals surface area contributed by atoms with Crippen LogP contribution in [0.1, 0.15) is 63.9 Å². The molecule has 3 aromatic rings. The number of rotatable bonds is 11. The van der Waals surface area contributed by atoms with E-state index in [-0.39, 0.29) is 49.7 Å². The van der Waals surface area contributed by atoms with E-state index in [0.717, 1.165) is 10.5 Å². The lowest BCUT2D eigenvalue weighted by atomic mass is 9.72. The summed E-state index contributed by atoms with van der Waals surface area (Å²) in [5.74, 6) is -1.83. The normalized spacial score (nSPS) is 21.6. The zero-order valence-corrected chi connectivity index (χ0v) is 28.7. The summed E-state index contributed by atoms with van der Waals surface area (Å²) in [5, 5.41) is 11.8. The molecule has 6 rings (SSSR count). The van der Waals surface area contributed by atoms with Crippen LogP contribution in [0, 0.1) is 5.82 Å². The Bertz CT molecular complexity index is 1740. The third-order valence-corrected chi connectivity index (χ3v) is 10.7. The van der Waals surface area contributed by atoms with E-state index in [1.165, 1.54) is 29.8 Å². The number of ether oxygens (including phenoxy) is 2. The van der Waals surface area contributed by atoms with Crippen LogP contribution in [0.25, 0.3) is 0 Å². The Kier molecular flexibility index (Phi) is 11.2. The van der Waals surface area contributed by atoms with Gasteiger partial charge in [-0.25, -0.2) is 4.39 Å². The van der Waals surface area contributed by atoms with Crippen LogP contribution in [-0.2, 0) is 44.1 Å². The fraction of sp³-hybridized carbons (Fsp3) is 0.474. The van der Waals surface area contributed by atoms with Gasteiger partial charge >= 0.3 is 12.4 Å². The first-order valence-corrected chi connectivity index (χ1v) is 17.4. The van der Waals surface area contributed by atoms with Crippen molar-refractivity contribution >= 4 is 11.8 Å². The number of halogens is 7. The number of carbonyl (C=O) groups is 2. The number of nitrogens with one attached hydrogen (secondary N) is 1. The van der Waals surface area contributed by atoms with Gasteiger partial charge in [-0.05, 0) is 92.2 Å². The smallest absolute Gasteiger partial charge is 0.396 e. The summed E-state index contributed by atoms with van der Waals surface area (Å²) in [6.45, 7) is 1.36. The number of likely N-dealkylation sites (tertiary alicyclic amines) is 1. The summed E-state index contributed by atoms with van der Waals surface area (Å²) < 4.78 is 108. The van der Waals surface area contributed by atoms with Crippen molar-refractivity contribution in [1.82, 2.24) is 15.1 Å². The van der Waals surface area contributed by atoms with Crippen molar-refractivity contribution < 1.29 is 54.9 Å². The Hall–Kier alpha value is -4.05. The maximum atomic E-state index is 14.0. The molecule has 2 amide bonds. The van der Waals surface area contributed by atoms with E-state index in [4.69, 9.17) is 14.6 Å². The van der Waals surface area contributed by atoms with Gasteiger partial charge in [0.05, 0.1) is 23.8 Å². The number of aliphatic hydroxyl groups is 1. The molecule has 2 fully saturated rings. The molecule has 15 heteroatoms. The zero-order chi connectivity index (χ0) is 38.0. The van der Waals surface area contributed by atoms with Crippen molar-refractivity contribution in [3.63, 3.8) is 0 Å². The lowest BCUT2D eigenvalue weighted by molar-refractivity contribution is -0.143. The Balaban J connectivity index is 1.17. The van der Waals surface area contributed by atoms with E-state index in [9.17, 15) is 40.3 Å². The number of carbonyl (C=O) groups excluding carboxylic acids is 2. The standard InChI is InChI=1S/C38H40F7N3O5/c39-30-8-6-27(7-9-30)36(23-48(24-53-36)34(51)26-18-28(37(40,41)42)21-29(19-26)38(43,44)45)12-16-47-14-10-35(11-15-47)31-5-2-1-4-25(31)20-32(35)52-22-33(50)46-13-3-17-49/h1-2,4-9,18-19,21,32,49H,3,10-17,20,22-24H2,(H,46,50)/t32-,36-/m0/s1. The van der Waals surface area contributed by atoms with Crippen LogP contribution in [0.3, 0.4) is 0 Å². The first-order valence-electron chi connectivity index (χ1n) is 17.4. The van der Waals surface area contributed by atoms with Crippen LogP contribution in [0.2, 0.25) is 0 Å². The molecule has 2 heterocycles. The van der Waals surface area contributed by atoms with Gasteiger partial charge in [0.15, 0.2) is 0 Å². The van der Waals surface area contributed by atoms with Gasteiger partial charge in [0.25, 0.3) is 5.91 Å². The summed E-state index contributed by atoms with van der Waals surface area (Å²) >= 11 is 0. The molecule has 2 aliphatic heterocycles. The van der Waals surface area contributed by atoms with Crippen LogP contribution in [0.5, 0.6) is 0 Å². The van der Waals surface area contributed by atoms with E-state index in [1.54, 1.807) is 0 Å². The van der Waals surface area contributed by atoms with E-state index in [0.29, 0.717) is 69.6 Å². The molecule has 0 saturated carbocycles. The van der Waals surface area contributed by atoms with Gasteiger partial charge in [-0.1, -0.05) is 36.4 Å². The number of fused-ring (bicyclic) bond motifs is 2. The van der Waals surface area contributed by atoms with Gasteiger partial charge in [-0.2, -0.15) is 26.3 Å². The third-order valence-electron chi connectivity index (χ3n) is 10.7. The minimum atomic E-state index is -5.12. The Morgan fingerprint density at radius 1 is 0.943 bits per heavy atom. The molecule has 0 aromatic heterocycles. The summed E-state index contributed by atoms with van der Waals surface area (Å²) in [7, 11) is 0. The molecule has 8 nitrogen and oxygen atoms in total. The molecule has 2 saturated heterocycles. The van der Waals surface area contributed by atoms with E-state index >= 15 is 0 Å². The van der Waals surface area contributed by atoms with Gasteiger partial charge in [-0.15, -0.1) is 0 Å². The predicted molar refractivity (Wildman–Crippen MR) is 178 cm³/mol. The number of piperidine rings is 1. The molecule has 53 heavy (non-hydrogen) atoms. The fourth-order valence-corrected chi connectivity index (χ4v) is 7.83. The largest absolute Gasteiger partial charge is 0.416 e. The highest BCUT2D eigenvalue weighted by Gasteiger charge is 2.50. The highest BCUT2D eigenvalue weighted by atomic mass is 19.4. The molecular weight excluding hydrogens is 711 g/mol. The van der Waals surface area contributed by atoms with Gasteiger partial charge in [0.2, 0.25) is 5.91 Å². The molecule has 2 atom stereocenters. The predicted octanol–water partition coefficient (Wildman–Crippen LogP) is 6.05. The van der Waals surface area contributed by atoms with E-state index in [1.807, 2.05) is 12.1 Å². The molecular formula is C38H40F7N3O5. The van der Waals surface area contributed by atoms with Gasteiger partial charge in [0.1, 0.15) is 24.8 Å². The average Bonchev–Trinajstić information content (AvgIpc) is 3.70. The van der Waals surface area contributed by atoms with Crippen LogP contribution in [0.4, 0.5) is 30.7 Å². The Labute approximate surface area is 301 Å². The van der Waals surface area contributed by atoms with Gasteiger partial charge in [0, 0.05) is 30.7 Å². The van der Waals surface area contributed by atoms with Gasteiger partial charge in [-0.3, -0.25) is 9.59 Å². The maximum Gasteiger partial charge on any atom is 0.416 e. The second kappa shape index (κ2) is 15.4. The van der Waals surface area contributed by atoms with Crippen LogP contribution >= 0.6 is 0 Å². The summed E-state index contributed by atoms with van der Waals surface area (Å²) in [6.07, 6.45) is -7.66. The fourth-order valence-electron chi connectivity index (χ4n) is 7.83. The summed E-state index contributed by atoms with van der Waals surface area (Å²) in [4.78, 5) is 29.2. The van der Waals surface area contributed by atoms with Crippen LogP contribution in [-0.4, -0.2) is 85.5 Å². The van der Waals surface area contributed by atoms with Crippen molar-refractivity contribution in [2.75, 3.05) is 52.7 Å². The van der Waals surface area contributed by atoms with Gasteiger partial charge < -0.3 is 29.7 Å². The van der Waals surface area contributed by atoms with E-state index in [2.05, 4.69) is 22.3 Å². The third kappa shape index (κ3) is 8.37. The number of hydrogen-bond acceptors (Lipinski definition) is 6. The highest BCUT2D eigenvalue weighted by molar-refractivity contribution is 5.95. The first-order chi connectivity index (χ1) is 25.1. The number of alkyl halides is 6. The molecule has 286 valence electrons. The molecule has 3 aliphatic rings. The first kappa shape index (κ1) is 38.7. The minimum absolute atomic E-state index is 0.0287. The highest BCUT2D eigenvalue weighted by Crippen LogP contribution is 2.48. The lowest BCUT2D eigenvalue weighted by Crippen LogP contribution is -2.49. The van der Waals surface area contributed by atoms with E-state index < -0.39 is 53.1 Å². The molecule has 0 radical (unpaired) electrons. The molecule has 1 spiro atoms. The minimum Gasteiger partial charge on any atom is -0.396 e. The second-order valence-corrected chi connectivity index (χ2v) is 13.9. The second-order valence-electron chi connectivity index (χ2n) is 13.9. The Morgan fingerprint density at radius 3 is 2.25 bits per heavy atom. The number of amides is 2. The monoisotopic (exact) mass is 751 g/mol. The van der Waals surface area contributed by atoms with Crippen molar-refractivity contribution in [3.8, 4) is 0 Å². The number of nitrogens with zero attached hydrogens (tertiary/aromatic N) is 2. The number of benzene rings is 3. The molecule has 2 N–H and O–H groups in total. The molecule has 0 unspecified atom stereocenters. The topological polar surface area (TPSA) is 91.3 Å². The number of hydrogen-bond donors (Lipinski definition) is 2. The maximum absolute atomic E-state index is 14.0. The molecule has 3 aromatic carbocycles. The van der Waals surface area contributed by atoms with Crippen molar-refractivity contribution in [2.45, 2.75) is 61.6 Å². The van der Waals surface area contributed by atoms with Crippen LogP contribution < -0.4 is 5.32 Å². The zero-order valence-electron chi connectivity index (χ0n) is 28.7. The quantitative estimate of drug-likeness (QED) is 0.183. The SMILES string of the molecule is O=C(CO[C@H]1Cc2ccccc2C12CCN(CC[C@@]1(c3ccc(F)cc3)CN(C(=O)c3cc(C(F)(F)F)cc(C(F)(F)F)c3)CO1)CC2)NCCCO. The average molecular weight is 752 g/mol. The van der Waals surface area contributed by atoms with Crippen molar-refractivity contribution in [2.24, 2.45) is 0 Å². The summed E-state index contributed by atoms with van der Waals surface area (Å²) in [5.41, 5.74) is -2.66. The Morgan fingerprint density at radius 2 is 1.60 bits per heavy atom.